The number of ketones is 1. The Hall–Kier alpha value is -0.580. The Bertz CT molecular complexity index is 199. The van der Waals surface area contributed by atoms with E-state index in [0.717, 1.165) is 19.8 Å². The maximum Gasteiger partial charge on any atom is 0.413 e. The van der Waals surface area contributed by atoms with Crippen LogP contribution in [0.4, 0.5) is 13.2 Å². The second-order valence-electron chi connectivity index (χ2n) is 3.58. The van der Waals surface area contributed by atoms with Gasteiger partial charge in [-0.3, -0.25) is 4.79 Å². The molecule has 0 aliphatic heterocycles. The van der Waals surface area contributed by atoms with Crippen LogP contribution in [0.1, 0.15) is 39.5 Å². The molecular formula is C9H16F3NO. The topological polar surface area (TPSA) is 43.1 Å². The van der Waals surface area contributed by atoms with Gasteiger partial charge in [0.05, 0.1) is 0 Å². The Morgan fingerprint density at radius 2 is 1.79 bits per heavy atom. The standard InChI is InChI=1S/C9H16F3NO/c1-3-4-5-6-7(14)8(2,13)9(10,11)12/h3-6,13H2,1-2H3. The van der Waals surface area contributed by atoms with E-state index >= 15 is 0 Å². The molecule has 0 aliphatic rings. The van der Waals surface area contributed by atoms with E-state index in [4.69, 9.17) is 5.73 Å². The number of hydrogen-bond donors (Lipinski definition) is 1. The normalized spacial score (nSPS) is 16.4. The van der Waals surface area contributed by atoms with Gasteiger partial charge in [-0.2, -0.15) is 13.2 Å². The van der Waals surface area contributed by atoms with E-state index in [9.17, 15) is 18.0 Å². The fraction of sp³-hybridized carbons (Fsp3) is 0.889. The minimum absolute atomic E-state index is 0.0969. The van der Waals surface area contributed by atoms with E-state index < -0.39 is 17.5 Å². The lowest BCUT2D eigenvalue weighted by atomic mass is 9.93. The summed E-state index contributed by atoms with van der Waals surface area (Å²) in [4.78, 5) is 11.1. The molecule has 5 heteroatoms. The Labute approximate surface area is 81.7 Å². The van der Waals surface area contributed by atoms with Crippen LogP contribution in [-0.4, -0.2) is 17.5 Å². The molecular weight excluding hydrogens is 195 g/mol. The second kappa shape index (κ2) is 4.77. The molecule has 0 amide bonds. The zero-order valence-electron chi connectivity index (χ0n) is 8.45. The Morgan fingerprint density at radius 3 is 2.14 bits per heavy atom. The lowest BCUT2D eigenvalue weighted by Crippen LogP contribution is -2.57. The summed E-state index contributed by atoms with van der Waals surface area (Å²) in [6.45, 7) is 2.64. The highest BCUT2D eigenvalue weighted by molar-refractivity contribution is 5.88. The predicted octanol–water partition coefficient (Wildman–Crippen LogP) is 2.42. The number of alkyl halides is 3. The van der Waals surface area contributed by atoms with Crippen molar-refractivity contribution in [3.8, 4) is 0 Å². The molecule has 84 valence electrons. The van der Waals surface area contributed by atoms with Crippen LogP contribution in [-0.2, 0) is 4.79 Å². The largest absolute Gasteiger partial charge is 0.413 e. The number of rotatable bonds is 5. The number of nitrogens with two attached hydrogens (primary N) is 1. The number of carbonyl (C=O) groups excluding carboxylic acids is 1. The first kappa shape index (κ1) is 13.4. The monoisotopic (exact) mass is 211 g/mol. The lowest BCUT2D eigenvalue weighted by Gasteiger charge is -2.25. The Morgan fingerprint density at radius 1 is 1.29 bits per heavy atom. The molecule has 1 unspecified atom stereocenters. The summed E-state index contributed by atoms with van der Waals surface area (Å²) in [7, 11) is 0. The molecule has 0 heterocycles. The van der Waals surface area contributed by atoms with Crippen molar-refractivity contribution in [1.82, 2.24) is 0 Å². The predicted molar refractivity (Wildman–Crippen MR) is 47.8 cm³/mol. The molecule has 0 rings (SSSR count). The average molecular weight is 211 g/mol. The first-order valence-electron chi connectivity index (χ1n) is 4.62. The van der Waals surface area contributed by atoms with Gasteiger partial charge in [0.2, 0.25) is 0 Å². The summed E-state index contributed by atoms with van der Waals surface area (Å²) in [6.07, 6.45) is -2.67. The smallest absolute Gasteiger partial charge is 0.312 e. The minimum Gasteiger partial charge on any atom is -0.312 e. The fourth-order valence-corrected chi connectivity index (χ4v) is 0.953. The van der Waals surface area contributed by atoms with Gasteiger partial charge in [-0.25, -0.2) is 0 Å². The molecule has 2 N–H and O–H groups in total. The van der Waals surface area contributed by atoms with E-state index in [0.29, 0.717) is 6.42 Å². The van der Waals surface area contributed by atoms with Crippen molar-refractivity contribution in [2.75, 3.05) is 0 Å². The Balaban J connectivity index is 4.23. The van der Waals surface area contributed by atoms with Crippen molar-refractivity contribution < 1.29 is 18.0 Å². The molecule has 0 saturated heterocycles. The van der Waals surface area contributed by atoms with E-state index in [1.165, 1.54) is 0 Å². The molecule has 1 atom stereocenters. The highest BCUT2D eigenvalue weighted by Gasteiger charge is 2.52. The van der Waals surface area contributed by atoms with Crippen LogP contribution in [0.3, 0.4) is 0 Å². The quantitative estimate of drug-likeness (QED) is 0.709. The second-order valence-corrected chi connectivity index (χ2v) is 3.58. The van der Waals surface area contributed by atoms with Crippen molar-refractivity contribution in [2.45, 2.75) is 51.2 Å². The first-order valence-corrected chi connectivity index (χ1v) is 4.62. The molecule has 0 fully saturated rings. The van der Waals surface area contributed by atoms with Gasteiger partial charge in [0.25, 0.3) is 0 Å². The van der Waals surface area contributed by atoms with Gasteiger partial charge in [0, 0.05) is 6.42 Å². The summed E-state index contributed by atoms with van der Waals surface area (Å²) >= 11 is 0. The summed E-state index contributed by atoms with van der Waals surface area (Å²) in [6, 6.07) is 0. The summed E-state index contributed by atoms with van der Waals surface area (Å²) in [5, 5.41) is 0. The molecule has 0 aromatic rings. The van der Waals surface area contributed by atoms with Crippen molar-refractivity contribution in [2.24, 2.45) is 5.73 Å². The first-order chi connectivity index (χ1) is 6.23. The molecule has 0 radical (unpaired) electrons. The summed E-state index contributed by atoms with van der Waals surface area (Å²) in [5.41, 5.74) is 2.25. The van der Waals surface area contributed by atoms with Gasteiger partial charge in [-0.05, 0) is 13.3 Å². The number of Topliss-reactive ketones (excluding diaryl/α,β-unsaturated/α-hetero) is 1. The van der Waals surface area contributed by atoms with Crippen molar-refractivity contribution in [3.63, 3.8) is 0 Å². The van der Waals surface area contributed by atoms with Gasteiger partial charge < -0.3 is 5.73 Å². The maximum absolute atomic E-state index is 12.2. The maximum atomic E-state index is 12.2. The molecule has 0 aromatic heterocycles. The van der Waals surface area contributed by atoms with Gasteiger partial charge in [-0.15, -0.1) is 0 Å². The van der Waals surface area contributed by atoms with Crippen molar-refractivity contribution >= 4 is 5.78 Å². The zero-order valence-corrected chi connectivity index (χ0v) is 8.45. The van der Waals surface area contributed by atoms with Crippen LogP contribution in [0.25, 0.3) is 0 Å². The third-order valence-electron chi connectivity index (χ3n) is 2.18. The molecule has 0 spiro atoms. The van der Waals surface area contributed by atoms with Crippen LogP contribution in [0.5, 0.6) is 0 Å². The van der Waals surface area contributed by atoms with Gasteiger partial charge >= 0.3 is 6.18 Å². The molecule has 0 aromatic carbocycles. The van der Waals surface area contributed by atoms with Crippen LogP contribution in [0.15, 0.2) is 0 Å². The third-order valence-corrected chi connectivity index (χ3v) is 2.18. The van der Waals surface area contributed by atoms with Crippen molar-refractivity contribution in [1.29, 1.82) is 0 Å². The lowest BCUT2D eigenvalue weighted by molar-refractivity contribution is -0.186. The van der Waals surface area contributed by atoms with E-state index in [2.05, 4.69) is 0 Å². The summed E-state index contributed by atoms with van der Waals surface area (Å²) in [5.74, 6) is -0.932. The summed E-state index contributed by atoms with van der Waals surface area (Å²) < 4.78 is 36.7. The van der Waals surface area contributed by atoms with Crippen LogP contribution in [0.2, 0.25) is 0 Å². The SMILES string of the molecule is CCCCCC(=O)C(C)(N)C(F)(F)F. The zero-order chi connectivity index (χ0) is 11.4. The van der Waals surface area contributed by atoms with Crippen molar-refractivity contribution in [3.05, 3.63) is 0 Å². The number of halogens is 3. The van der Waals surface area contributed by atoms with Gasteiger partial charge in [0.1, 0.15) is 0 Å². The van der Waals surface area contributed by atoms with Gasteiger partial charge in [0.15, 0.2) is 11.3 Å². The van der Waals surface area contributed by atoms with Gasteiger partial charge in [-0.1, -0.05) is 19.8 Å². The molecule has 0 aliphatic carbocycles. The highest BCUT2D eigenvalue weighted by atomic mass is 19.4. The van der Waals surface area contributed by atoms with Crippen LogP contribution < -0.4 is 5.73 Å². The number of carbonyl (C=O) groups is 1. The number of hydrogen-bond acceptors (Lipinski definition) is 2. The minimum atomic E-state index is -4.66. The van der Waals surface area contributed by atoms with Crippen LogP contribution >= 0.6 is 0 Å². The molecule has 0 saturated carbocycles. The van der Waals surface area contributed by atoms with E-state index in [1.807, 2.05) is 6.92 Å². The average Bonchev–Trinajstić information content (AvgIpc) is 2.02. The third kappa shape index (κ3) is 3.29. The number of unbranched alkanes of at least 4 members (excludes halogenated alkanes) is 2. The van der Waals surface area contributed by atoms with E-state index in [-0.39, 0.29) is 6.42 Å². The molecule has 0 bridgehead atoms. The molecule has 14 heavy (non-hydrogen) atoms. The van der Waals surface area contributed by atoms with Crippen LogP contribution in [0, 0.1) is 0 Å². The Kier molecular flexibility index (Phi) is 4.58. The highest BCUT2D eigenvalue weighted by Crippen LogP contribution is 2.29. The van der Waals surface area contributed by atoms with E-state index in [1.54, 1.807) is 0 Å². The fourth-order valence-electron chi connectivity index (χ4n) is 0.953. The molecule has 2 nitrogen and oxygen atoms in total.